The maximum absolute atomic E-state index is 12.9. The summed E-state index contributed by atoms with van der Waals surface area (Å²) in [5.74, 6) is 0.317. The number of rotatable bonds is 8. The van der Waals surface area contributed by atoms with Crippen molar-refractivity contribution in [3.63, 3.8) is 0 Å². The van der Waals surface area contributed by atoms with Crippen molar-refractivity contribution < 1.29 is 17.9 Å². The van der Waals surface area contributed by atoms with E-state index < -0.39 is 10.0 Å². The second kappa shape index (κ2) is 11.3. The van der Waals surface area contributed by atoms with E-state index in [2.05, 4.69) is 14.9 Å². The second-order valence-corrected chi connectivity index (χ2v) is 11.1. The summed E-state index contributed by atoms with van der Waals surface area (Å²) in [6.45, 7) is 4.39. The Balaban J connectivity index is 1.32. The van der Waals surface area contributed by atoms with Crippen LogP contribution in [-0.2, 0) is 21.4 Å². The summed E-state index contributed by atoms with van der Waals surface area (Å²) in [4.78, 5) is 15.2. The largest absolute Gasteiger partial charge is 0.495 e. The Morgan fingerprint density at radius 3 is 2.33 bits per heavy atom. The third-order valence-electron chi connectivity index (χ3n) is 6.31. The fraction of sp³-hybridized carbons (Fsp3) is 0.296. The van der Waals surface area contributed by atoms with E-state index in [9.17, 15) is 13.2 Å². The highest BCUT2D eigenvalue weighted by Crippen LogP contribution is 2.28. The van der Waals surface area contributed by atoms with Crippen LogP contribution in [0.3, 0.4) is 0 Å². The van der Waals surface area contributed by atoms with Crippen LogP contribution in [0.5, 0.6) is 5.75 Å². The summed E-state index contributed by atoms with van der Waals surface area (Å²) in [5.41, 5.74) is 3.04. The number of benzene rings is 3. The van der Waals surface area contributed by atoms with Gasteiger partial charge in [0.2, 0.25) is 5.91 Å². The lowest BCUT2D eigenvalue weighted by molar-refractivity contribution is -0.121. The van der Waals surface area contributed by atoms with Gasteiger partial charge in [-0.2, -0.15) is 0 Å². The Labute approximate surface area is 217 Å². The molecule has 1 aliphatic rings. The van der Waals surface area contributed by atoms with Gasteiger partial charge in [0.05, 0.1) is 17.7 Å². The fourth-order valence-corrected chi connectivity index (χ4v) is 5.46. The van der Waals surface area contributed by atoms with Crippen LogP contribution in [0.4, 0.5) is 11.4 Å². The van der Waals surface area contributed by atoms with Gasteiger partial charge in [0, 0.05) is 23.2 Å². The number of sulfonamides is 1. The number of carbonyl (C=O) groups is 1. The molecule has 0 radical (unpaired) electrons. The first kappa shape index (κ1) is 26.0. The average Bonchev–Trinajstić information content (AvgIpc) is 2.86. The number of methoxy groups -OCH3 is 1. The molecule has 1 heterocycles. The number of ether oxygens (including phenoxy) is 1. The number of nitrogens with one attached hydrogen (secondary N) is 2. The van der Waals surface area contributed by atoms with Crippen molar-refractivity contribution >= 4 is 38.9 Å². The van der Waals surface area contributed by atoms with Crippen LogP contribution in [0.25, 0.3) is 0 Å². The molecule has 36 heavy (non-hydrogen) atoms. The number of hydrogen-bond donors (Lipinski definition) is 2. The molecule has 190 valence electrons. The van der Waals surface area contributed by atoms with Crippen molar-refractivity contribution in [3.05, 3.63) is 82.9 Å². The minimum absolute atomic E-state index is 0.0422. The Kier molecular flexibility index (Phi) is 8.18. The number of hydrogen-bond acceptors (Lipinski definition) is 5. The molecule has 3 aromatic carbocycles. The molecule has 1 aliphatic heterocycles. The van der Waals surface area contributed by atoms with Gasteiger partial charge < -0.3 is 10.1 Å². The van der Waals surface area contributed by atoms with Crippen molar-refractivity contribution in [2.75, 3.05) is 30.2 Å². The van der Waals surface area contributed by atoms with Gasteiger partial charge in [-0.3, -0.25) is 14.4 Å². The Bertz CT molecular complexity index is 1300. The second-order valence-electron chi connectivity index (χ2n) is 9.00. The SMILES string of the molecule is COc1ccc(C)cc1NS(=O)(=O)c1ccc(NC(=O)C2CCN(Cc3ccc(Cl)cc3)CC2)cc1. The average molecular weight is 528 g/mol. The standard InChI is InChI=1S/C27H30ClN3O4S/c1-19-3-12-26(35-2)25(17-19)30-36(33,34)24-10-8-23(9-11-24)29-27(32)21-13-15-31(16-14-21)18-20-4-6-22(28)7-5-20/h3-12,17,21,30H,13-16,18H2,1-2H3,(H,29,32). The Morgan fingerprint density at radius 2 is 1.69 bits per heavy atom. The third-order valence-corrected chi connectivity index (χ3v) is 7.94. The van der Waals surface area contributed by atoms with E-state index >= 15 is 0 Å². The Morgan fingerprint density at radius 1 is 1.03 bits per heavy atom. The fourth-order valence-electron chi connectivity index (χ4n) is 4.27. The number of amides is 1. The van der Waals surface area contributed by atoms with Gasteiger partial charge in [-0.1, -0.05) is 29.8 Å². The summed E-state index contributed by atoms with van der Waals surface area (Å²) < 4.78 is 33.6. The number of nitrogens with zero attached hydrogens (tertiary/aromatic N) is 1. The Hall–Kier alpha value is -3.07. The van der Waals surface area contributed by atoms with E-state index in [4.69, 9.17) is 16.3 Å². The van der Waals surface area contributed by atoms with Gasteiger partial charge in [-0.25, -0.2) is 8.42 Å². The van der Waals surface area contributed by atoms with Crippen LogP contribution in [-0.4, -0.2) is 39.4 Å². The molecule has 9 heteroatoms. The summed E-state index contributed by atoms with van der Waals surface area (Å²) in [7, 11) is -2.33. The highest BCUT2D eigenvalue weighted by molar-refractivity contribution is 7.92. The first-order chi connectivity index (χ1) is 17.2. The molecule has 0 bridgehead atoms. The minimum Gasteiger partial charge on any atom is -0.495 e. The molecule has 0 spiro atoms. The maximum Gasteiger partial charge on any atom is 0.262 e. The van der Waals surface area contributed by atoms with E-state index in [0.717, 1.165) is 43.1 Å². The highest BCUT2D eigenvalue weighted by atomic mass is 35.5. The smallest absolute Gasteiger partial charge is 0.262 e. The number of aryl methyl sites for hydroxylation is 1. The van der Waals surface area contributed by atoms with Gasteiger partial charge in [0.15, 0.2) is 0 Å². The van der Waals surface area contributed by atoms with Gasteiger partial charge in [0.1, 0.15) is 5.75 Å². The monoisotopic (exact) mass is 527 g/mol. The van der Waals surface area contributed by atoms with Crippen LogP contribution in [0.15, 0.2) is 71.6 Å². The minimum atomic E-state index is -3.82. The van der Waals surface area contributed by atoms with Crippen LogP contribution >= 0.6 is 11.6 Å². The van der Waals surface area contributed by atoms with E-state index in [1.807, 2.05) is 37.3 Å². The molecule has 0 atom stereocenters. The molecular formula is C27H30ClN3O4S. The molecule has 1 saturated heterocycles. The lowest BCUT2D eigenvalue weighted by Crippen LogP contribution is -2.37. The number of halogens is 1. The molecule has 0 aromatic heterocycles. The van der Waals surface area contributed by atoms with Gasteiger partial charge in [-0.05, 0) is 92.5 Å². The summed E-state index contributed by atoms with van der Waals surface area (Å²) in [6, 6.07) is 19.3. The first-order valence-electron chi connectivity index (χ1n) is 11.8. The molecule has 0 aliphatic carbocycles. The topological polar surface area (TPSA) is 87.7 Å². The molecule has 2 N–H and O–H groups in total. The van der Waals surface area contributed by atoms with Crippen molar-refractivity contribution in [2.45, 2.75) is 31.2 Å². The molecular weight excluding hydrogens is 498 g/mol. The zero-order valence-corrected chi connectivity index (χ0v) is 21.9. The number of piperidine rings is 1. The number of likely N-dealkylation sites (tertiary alicyclic amines) is 1. The zero-order chi connectivity index (χ0) is 25.7. The van der Waals surface area contributed by atoms with E-state index in [1.54, 1.807) is 24.3 Å². The third kappa shape index (κ3) is 6.57. The quantitative estimate of drug-likeness (QED) is 0.414. The maximum atomic E-state index is 12.9. The summed E-state index contributed by atoms with van der Waals surface area (Å²) in [5, 5.41) is 3.65. The van der Waals surface area contributed by atoms with Gasteiger partial charge in [-0.15, -0.1) is 0 Å². The predicted molar refractivity (Wildman–Crippen MR) is 143 cm³/mol. The number of anilines is 2. The van der Waals surface area contributed by atoms with Crippen LogP contribution in [0, 0.1) is 12.8 Å². The highest BCUT2D eigenvalue weighted by Gasteiger charge is 2.25. The lowest BCUT2D eigenvalue weighted by Gasteiger charge is -2.31. The van der Waals surface area contributed by atoms with Crippen LogP contribution in [0.2, 0.25) is 5.02 Å². The summed E-state index contributed by atoms with van der Waals surface area (Å²) in [6.07, 6.45) is 1.54. The van der Waals surface area contributed by atoms with E-state index in [-0.39, 0.29) is 16.7 Å². The van der Waals surface area contributed by atoms with Crippen molar-refractivity contribution in [1.82, 2.24) is 4.90 Å². The van der Waals surface area contributed by atoms with Crippen molar-refractivity contribution in [2.24, 2.45) is 5.92 Å². The molecule has 1 amide bonds. The molecule has 0 unspecified atom stereocenters. The predicted octanol–water partition coefficient (Wildman–Crippen LogP) is 5.31. The van der Waals surface area contributed by atoms with E-state index in [1.165, 1.54) is 24.8 Å². The summed E-state index contributed by atoms with van der Waals surface area (Å²) >= 11 is 5.96. The lowest BCUT2D eigenvalue weighted by atomic mass is 9.95. The van der Waals surface area contributed by atoms with Crippen molar-refractivity contribution in [3.8, 4) is 5.75 Å². The molecule has 7 nitrogen and oxygen atoms in total. The van der Waals surface area contributed by atoms with Crippen LogP contribution in [0.1, 0.15) is 24.0 Å². The van der Waals surface area contributed by atoms with Gasteiger partial charge >= 0.3 is 0 Å². The normalized spacial score (nSPS) is 14.9. The first-order valence-corrected chi connectivity index (χ1v) is 13.6. The molecule has 4 rings (SSSR count). The van der Waals surface area contributed by atoms with Gasteiger partial charge in [0.25, 0.3) is 10.0 Å². The van der Waals surface area contributed by atoms with Crippen LogP contribution < -0.4 is 14.8 Å². The molecule has 0 saturated carbocycles. The molecule has 1 fully saturated rings. The number of carbonyl (C=O) groups excluding carboxylic acids is 1. The molecule has 3 aromatic rings. The van der Waals surface area contributed by atoms with Crippen molar-refractivity contribution in [1.29, 1.82) is 0 Å². The van der Waals surface area contributed by atoms with E-state index in [0.29, 0.717) is 17.1 Å². The zero-order valence-electron chi connectivity index (χ0n) is 20.3.